The van der Waals surface area contributed by atoms with Gasteiger partial charge in [-0.3, -0.25) is 20.5 Å². The number of aromatic nitrogens is 1. The molecule has 2 fully saturated rings. The number of carbonyl (C=O) groups is 1. The third-order valence-electron chi connectivity index (χ3n) is 5.43. The average Bonchev–Trinajstić information content (AvgIpc) is 3.26. The Morgan fingerprint density at radius 1 is 1.36 bits per heavy atom. The zero-order chi connectivity index (χ0) is 19.6. The van der Waals surface area contributed by atoms with Gasteiger partial charge >= 0.3 is 6.03 Å². The van der Waals surface area contributed by atoms with Crippen molar-refractivity contribution in [2.75, 3.05) is 58.4 Å². The summed E-state index contributed by atoms with van der Waals surface area (Å²) in [6, 6.07) is -0.141. The molecule has 0 bridgehead atoms. The van der Waals surface area contributed by atoms with Gasteiger partial charge in [0.2, 0.25) is 0 Å². The smallest absolute Gasteiger partial charge is 0.326 e. The first kappa shape index (κ1) is 19.6. The number of hydrogen-bond acceptors (Lipinski definition) is 8. The molecule has 28 heavy (non-hydrogen) atoms. The van der Waals surface area contributed by atoms with Crippen LogP contribution in [0.25, 0.3) is 0 Å². The molecule has 4 heterocycles. The van der Waals surface area contributed by atoms with Gasteiger partial charge in [-0.25, -0.2) is 15.2 Å². The zero-order valence-electron chi connectivity index (χ0n) is 16.4. The monoisotopic (exact) mass is 408 g/mol. The van der Waals surface area contributed by atoms with Gasteiger partial charge in [0.1, 0.15) is 5.82 Å². The molecule has 1 aromatic rings. The van der Waals surface area contributed by atoms with E-state index < -0.39 is 0 Å². The maximum absolute atomic E-state index is 12.4. The average molecular weight is 409 g/mol. The van der Waals surface area contributed by atoms with E-state index in [9.17, 15) is 4.79 Å². The third-order valence-corrected chi connectivity index (χ3v) is 6.40. The molecular weight excluding hydrogens is 380 g/mol. The van der Waals surface area contributed by atoms with Gasteiger partial charge in [0.05, 0.1) is 32.5 Å². The fourth-order valence-electron chi connectivity index (χ4n) is 3.49. The highest BCUT2D eigenvalue weighted by molar-refractivity contribution is 7.15. The van der Waals surface area contributed by atoms with Gasteiger partial charge in [-0.15, -0.1) is 11.3 Å². The molecule has 3 aliphatic rings. The number of nitrogens with zero attached hydrogens (tertiary/aromatic N) is 3. The second-order valence-electron chi connectivity index (χ2n) is 7.78. The summed E-state index contributed by atoms with van der Waals surface area (Å²) in [5.74, 6) is 0.736. The zero-order valence-corrected chi connectivity index (χ0v) is 17.2. The second kappa shape index (κ2) is 8.34. The minimum Gasteiger partial charge on any atom is -0.380 e. The molecule has 9 nitrogen and oxygen atoms in total. The number of nitrogens with one attached hydrogen (secondary N) is 3. The molecule has 0 spiro atoms. The first-order valence-electron chi connectivity index (χ1n) is 9.64. The number of rotatable bonds is 6. The lowest BCUT2D eigenvalue weighted by Crippen LogP contribution is -2.54. The topological polar surface area (TPSA) is 91.0 Å². The van der Waals surface area contributed by atoms with Crippen LogP contribution in [0.5, 0.6) is 0 Å². The Kier molecular flexibility index (Phi) is 5.83. The Morgan fingerprint density at radius 3 is 2.86 bits per heavy atom. The Labute approximate surface area is 169 Å². The van der Waals surface area contributed by atoms with Gasteiger partial charge in [0.25, 0.3) is 0 Å². The van der Waals surface area contributed by atoms with Gasteiger partial charge in [-0.05, 0) is 12.5 Å². The van der Waals surface area contributed by atoms with Crippen molar-refractivity contribution in [1.82, 2.24) is 25.6 Å². The number of hydrogen-bond donors (Lipinski definition) is 3. The van der Waals surface area contributed by atoms with Crippen LogP contribution < -0.4 is 16.1 Å². The summed E-state index contributed by atoms with van der Waals surface area (Å²) in [7, 11) is 1.89. The molecule has 154 valence electrons. The molecular formula is C18H28N6O3S. The Balaban J connectivity index is 1.26. The number of urea groups is 1. The van der Waals surface area contributed by atoms with Crippen molar-refractivity contribution in [2.45, 2.75) is 19.4 Å². The van der Waals surface area contributed by atoms with Crippen LogP contribution in [-0.2, 0) is 15.9 Å². The van der Waals surface area contributed by atoms with E-state index in [1.54, 1.807) is 0 Å². The normalized spacial score (nSPS) is 24.6. The molecule has 4 rings (SSSR count). The van der Waals surface area contributed by atoms with Crippen LogP contribution in [0.1, 0.15) is 11.8 Å². The van der Waals surface area contributed by atoms with Gasteiger partial charge < -0.3 is 9.47 Å². The SMILES string of the molecule is CN1NC(C2(C)COC2)C=C1NC(=O)Nc1ncc(CCN2CCOCC2)s1. The highest BCUT2D eigenvalue weighted by atomic mass is 32.1. The summed E-state index contributed by atoms with van der Waals surface area (Å²) in [6.07, 6.45) is 4.82. The molecule has 1 atom stereocenters. The summed E-state index contributed by atoms with van der Waals surface area (Å²) >= 11 is 1.52. The Bertz CT molecular complexity index is 729. The highest BCUT2D eigenvalue weighted by Gasteiger charge is 2.43. The Morgan fingerprint density at radius 2 is 2.14 bits per heavy atom. The van der Waals surface area contributed by atoms with Crippen molar-refractivity contribution in [2.24, 2.45) is 5.41 Å². The van der Waals surface area contributed by atoms with Crippen LogP contribution in [0.3, 0.4) is 0 Å². The predicted molar refractivity (Wildman–Crippen MR) is 107 cm³/mol. The van der Waals surface area contributed by atoms with E-state index in [0.717, 1.165) is 58.3 Å². The van der Waals surface area contributed by atoms with E-state index >= 15 is 0 Å². The van der Waals surface area contributed by atoms with Gasteiger partial charge in [-0.1, -0.05) is 6.92 Å². The molecule has 2 amide bonds. The van der Waals surface area contributed by atoms with Crippen molar-refractivity contribution in [3.8, 4) is 0 Å². The quantitative estimate of drug-likeness (QED) is 0.642. The lowest BCUT2D eigenvalue weighted by molar-refractivity contribution is -0.116. The number of amides is 2. The number of thiazole rings is 1. The van der Waals surface area contributed by atoms with Crippen molar-refractivity contribution < 1.29 is 14.3 Å². The maximum Gasteiger partial charge on any atom is 0.326 e. The second-order valence-corrected chi connectivity index (χ2v) is 8.89. The first-order chi connectivity index (χ1) is 13.5. The van der Waals surface area contributed by atoms with Gasteiger partial charge in [0, 0.05) is 43.2 Å². The fraction of sp³-hybridized carbons (Fsp3) is 0.667. The van der Waals surface area contributed by atoms with E-state index in [2.05, 4.69) is 32.9 Å². The minimum absolute atomic E-state index is 0.0683. The molecule has 1 unspecified atom stereocenters. The van der Waals surface area contributed by atoms with Crippen LogP contribution in [0.15, 0.2) is 18.1 Å². The van der Waals surface area contributed by atoms with E-state index in [4.69, 9.17) is 9.47 Å². The minimum atomic E-state index is -0.287. The van der Waals surface area contributed by atoms with E-state index in [1.807, 2.05) is 24.3 Å². The summed E-state index contributed by atoms with van der Waals surface area (Å²) in [6.45, 7) is 8.19. The van der Waals surface area contributed by atoms with Crippen LogP contribution >= 0.6 is 11.3 Å². The van der Waals surface area contributed by atoms with Crippen LogP contribution in [0.4, 0.5) is 9.93 Å². The summed E-state index contributed by atoms with van der Waals surface area (Å²) in [4.78, 5) is 20.3. The molecule has 0 saturated carbocycles. The molecule has 0 radical (unpaired) electrons. The molecule has 0 aliphatic carbocycles. The molecule has 3 N–H and O–H groups in total. The largest absolute Gasteiger partial charge is 0.380 e. The molecule has 2 saturated heterocycles. The maximum atomic E-state index is 12.4. The summed E-state index contributed by atoms with van der Waals surface area (Å²) in [5.41, 5.74) is 3.43. The van der Waals surface area contributed by atoms with Crippen molar-refractivity contribution >= 4 is 22.5 Å². The van der Waals surface area contributed by atoms with Crippen LogP contribution in [-0.4, -0.2) is 80.1 Å². The van der Waals surface area contributed by atoms with E-state index in [1.165, 1.54) is 16.2 Å². The highest BCUT2D eigenvalue weighted by Crippen LogP contribution is 2.34. The third kappa shape index (κ3) is 4.47. The predicted octanol–water partition coefficient (Wildman–Crippen LogP) is 0.836. The number of morpholine rings is 1. The molecule has 10 heteroatoms. The van der Waals surface area contributed by atoms with Crippen molar-refractivity contribution in [3.63, 3.8) is 0 Å². The number of anilines is 1. The number of hydrazine groups is 1. The molecule has 1 aromatic heterocycles. The van der Waals surface area contributed by atoms with Crippen molar-refractivity contribution in [3.05, 3.63) is 23.0 Å². The summed E-state index contributed by atoms with van der Waals surface area (Å²) < 4.78 is 10.7. The molecule has 0 aromatic carbocycles. The van der Waals surface area contributed by atoms with Crippen molar-refractivity contribution in [1.29, 1.82) is 0 Å². The van der Waals surface area contributed by atoms with Gasteiger partial charge in [0.15, 0.2) is 5.13 Å². The molecule has 3 aliphatic heterocycles. The van der Waals surface area contributed by atoms with E-state index in [0.29, 0.717) is 5.13 Å². The fourth-order valence-corrected chi connectivity index (χ4v) is 4.29. The van der Waals surface area contributed by atoms with E-state index in [-0.39, 0.29) is 17.5 Å². The van der Waals surface area contributed by atoms with Gasteiger partial charge in [-0.2, -0.15) is 0 Å². The Hall–Kier alpha value is -1.72. The van der Waals surface area contributed by atoms with Crippen LogP contribution in [0, 0.1) is 5.41 Å². The lowest BCUT2D eigenvalue weighted by atomic mass is 9.81. The van der Waals surface area contributed by atoms with Crippen LogP contribution in [0.2, 0.25) is 0 Å². The summed E-state index contributed by atoms with van der Waals surface area (Å²) in [5, 5.41) is 8.18. The number of carbonyl (C=O) groups excluding carboxylic acids is 1. The standard InChI is InChI=1S/C18H28N6O3S/c1-18(11-27-12-18)14-9-15(23(2)22-14)20-16(25)21-17-19-10-13(28-17)3-4-24-5-7-26-8-6-24/h9-10,14,22H,3-8,11-12H2,1-2H3,(H2,19,20,21,25). The first-order valence-corrected chi connectivity index (χ1v) is 10.5. The lowest BCUT2D eigenvalue weighted by Gasteiger charge is -2.42. The number of ether oxygens (including phenoxy) is 2.